The third-order valence-corrected chi connectivity index (χ3v) is 5.21. The highest BCUT2D eigenvalue weighted by Gasteiger charge is 2.13. The van der Waals surface area contributed by atoms with E-state index in [0.29, 0.717) is 17.2 Å². The Morgan fingerprint density at radius 1 is 1.03 bits per heavy atom. The van der Waals surface area contributed by atoms with Crippen molar-refractivity contribution in [1.82, 2.24) is 0 Å². The molecule has 0 bridgehead atoms. The third kappa shape index (κ3) is 4.56. The van der Waals surface area contributed by atoms with E-state index in [9.17, 15) is 0 Å². The van der Waals surface area contributed by atoms with E-state index in [4.69, 9.17) is 21.6 Å². The molecule has 1 aliphatic heterocycles. The molecule has 0 unspecified atom stereocenters. The molecule has 0 aromatic heterocycles. The Bertz CT molecular complexity index is 1120. The maximum atomic E-state index is 8.91. The molecule has 0 fully saturated rings. The van der Waals surface area contributed by atoms with Crippen molar-refractivity contribution in [3.63, 3.8) is 0 Å². The summed E-state index contributed by atoms with van der Waals surface area (Å²) in [4.78, 5) is 4.67. The van der Waals surface area contributed by atoms with Crippen molar-refractivity contribution in [3.8, 4) is 11.8 Å². The molecule has 0 amide bonds. The number of nitriles is 1. The summed E-state index contributed by atoms with van der Waals surface area (Å²) in [6.45, 7) is 1.20. The number of rotatable bonds is 5. The Kier molecular flexibility index (Phi) is 5.74. The van der Waals surface area contributed by atoms with Crippen molar-refractivity contribution in [2.45, 2.75) is 13.0 Å². The number of aliphatic imine (C=N–C) groups is 1. The van der Waals surface area contributed by atoms with Gasteiger partial charge in [0.15, 0.2) is 0 Å². The van der Waals surface area contributed by atoms with Gasteiger partial charge >= 0.3 is 0 Å². The van der Waals surface area contributed by atoms with Crippen LogP contribution in [0.3, 0.4) is 0 Å². The zero-order chi connectivity index (χ0) is 20.1. The van der Waals surface area contributed by atoms with Crippen LogP contribution in [0, 0.1) is 11.3 Å². The number of benzene rings is 3. The van der Waals surface area contributed by atoms with Crippen LogP contribution < -0.4 is 4.74 Å². The topological polar surface area (TPSA) is 45.4 Å². The summed E-state index contributed by atoms with van der Waals surface area (Å²) in [5.74, 6) is 0.834. The molecule has 142 valence electrons. The Labute approximate surface area is 175 Å². The van der Waals surface area contributed by atoms with Gasteiger partial charge in [-0.15, -0.1) is 0 Å². The van der Waals surface area contributed by atoms with E-state index in [1.165, 1.54) is 5.56 Å². The number of ether oxygens (including phenoxy) is 1. The SMILES string of the molecule is N#Cc1ccc(/C=C/C2=NCCc3cc(OCc4ccccc4Cl)ccc32)cc1. The molecule has 0 spiro atoms. The first-order valence-electron chi connectivity index (χ1n) is 9.45. The minimum Gasteiger partial charge on any atom is -0.489 e. The molecule has 0 saturated carbocycles. The number of halogens is 1. The summed E-state index contributed by atoms with van der Waals surface area (Å²) in [5.41, 5.74) is 6.00. The van der Waals surface area contributed by atoms with Crippen LogP contribution in [0.5, 0.6) is 5.75 Å². The number of nitrogens with zero attached hydrogens (tertiary/aromatic N) is 2. The lowest BCUT2D eigenvalue weighted by Gasteiger charge is -2.16. The summed E-state index contributed by atoms with van der Waals surface area (Å²) < 4.78 is 5.96. The highest BCUT2D eigenvalue weighted by atomic mass is 35.5. The first kappa shape index (κ1) is 19.0. The minimum atomic E-state index is 0.442. The van der Waals surface area contributed by atoms with Crippen LogP contribution in [0.25, 0.3) is 6.08 Å². The lowest BCUT2D eigenvalue weighted by Crippen LogP contribution is -2.11. The lowest BCUT2D eigenvalue weighted by molar-refractivity contribution is 0.306. The quantitative estimate of drug-likeness (QED) is 0.541. The van der Waals surface area contributed by atoms with Crippen LogP contribution in [0.4, 0.5) is 0 Å². The predicted molar refractivity (Wildman–Crippen MR) is 118 cm³/mol. The van der Waals surface area contributed by atoms with Gasteiger partial charge in [0.25, 0.3) is 0 Å². The van der Waals surface area contributed by atoms with Gasteiger partial charge in [-0.05, 0) is 60.0 Å². The Balaban J connectivity index is 1.48. The van der Waals surface area contributed by atoms with Crippen molar-refractivity contribution in [2.24, 2.45) is 4.99 Å². The number of hydrogen-bond acceptors (Lipinski definition) is 3. The van der Waals surface area contributed by atoms with E-state index in [1.807, 2.05) is 66.7 Å². The molecule has 3 aromatic carbocycles. The van der Waals surface area contributed by atoms with Crippen LogP contribution in [0.15, 0.2) is 77.8 Å². The summed E-state index contributed by atoms with van der Waals surface area (Å²) in [7, 11) is 0. The zero-order valence-corrected chi connectivity index (χ0v) is 16.6. The van der Waals surface area contributed by atoms with Crippen LogP contribution in [0.2, 0.25) is 5.02 Å². The van der Waals surface area contributed by atoms with E-state index >= 15 is 0 Å². The molecule has 29 heavy (non-hydrogen) atoms. The van der Waals surface area contributed by atoms with Gasteiger partial charge in [-0.1, -0.05) is 48.0 Å². The van der Waals surface area contributed by atoms with Gasteiger partial charge in [-0.3, -0.25) is 4.99 Å². The molecule has 0 saturated heterocycles. The van der Waals surface area contributed by atoms with E-state index in [2.05, 4.69) is 23.2 Å². The standard InChI is InChI=1S/C25H19ClN2O/c26-24-4-2-1-3-21(24)17-29-22-10-11-23-20(15-22)13-14-28-25(23)12-9-18-5-7-19(16-27)8-6-18/h1-12,15H,13-14,17H2/b12-9+. The van der Waals surface area contributed by atoms with Crippen molar-refractivity contribution in [3.05, 3.63) is 106 Å². The first-order chi connectivity index (χ1) is 14.2. The molecule has 4 heteroatoms. The molecule has 0 aliphatic carbocycles. The average molecular weight is 399 g/mol. The van der Waals surface area contributed by atoms with Crippen molar-refractivity contribution < 1.29 is 4.74 Å². The van der Waals surface area contributed by atoms with Crippen LogP contribution in [0.1, 0.15) is 27.8 Å². The first-order valence-corrected chi connectivity index (χ1v) is 9.83. The van der Waals surface area contributed by atoms with Crippen molar-refractivity contribution >= 4 is 23.4 Å². The van der Waals surface area contributed by atoms with Gasteiger partial charge in [-0.25, -0.2) is 0 Å². The van der Waals surface area contributed by atoms with Crippen LogP contribution in [-0.4, -0.2) is 12.3 Å². The predicted octanol–water partition coefficient (Wildman–Crippen LogP) is 5.85. The Hall–Kier alpha value is -3.35. The monoisotopic (exact) mass is 398 g/mol. The molecule has 1 aliphatic rings. The molecular formula is C25H19ClN2O. The molecular weight excluding hydrogens is 380 g/mol. The second kappa shape index (κ2) is 8.77. The number of fused-ring (bicyclic) bond motifs is 1. The van der Waals surface area contributed by atoms with Gasteiger partial charge in [0.1, 0.15) is 12.4 Å². The summed E-state index contributed by atoms with van der Waals surface area (Å²) in [6.07, 6.45) is 4.95. The largest absolute Gasteiger partial charge is 0.489 e. The fraction of sp³-hybridized carbons (Fsp3) is 0.120. The number of allylic oxidation sites excluding steroid dienone is 1. The molecule has 3 nitrogen and oxygen atoms in total. The van der Waals surface area contributed by atoms with Gasteiger partial charge in [-0.2, -0.15) is 5.26 Å². The summed E-state index contributed by atoms with van der Waals surface area (Å²) >= 11 is 6.21. The second-order valence-corrected chi connectivity index (χ2v) is 7.19. The fourth-order valence-corrected chi connectivity index (χ4v) is 3.45. The molecule has 3 aromatic rings. The molecule has 0 atom stereocenters. The van der Waals surface area contributed by atoms with Crippen LogP contribution >= 0.6 is 11.6 Å². The van der Waals surface area contributed by atoms with Gasteiger partial charge in [0.2, 0.25) is 0 Å². The highest BCUT2D eigenvalue weighted by molar-refractivity contribution is 6.31. The average Bonchev–Trinajstić information content (AvgIpc) is 2.77. The summed E-state index contributed by atoms with van der Waals surface area (Å²) in [5, 5.41) is 9.62. The normalized spacial score (nSPS) is 12.9. The summed E-state index contributed by atoms with van der Waals surface area (Å²) in [6, 6.07) is 23.5. The van der Waals surface area contributed by atoms with E-state index in [0.717, 1.165) is 41.1 Å². The van der Waals surface area contributed by atoms with Crippen LogP contribution in [-0.2, 0) is 13.0 Å². The van der Waals surface area contributed by atoms with Gasteiger partial charge in [0.05, 0.1) is 17.3 Å². The van der Waals surface area contributed by atoms with E-state index < -0.39 is 0 Å². The van der Waals surface area contributed by atoms with E-state index in [-0.39, 0.29) is 0 Å². The maximum absolute atomic E-state index is 8.91. The lowest BCUT2D eigenvalue weighted by atomic mass is 9.96. The smallest absolute Gasteiger partial charge is 0.120 e. The Morgan fingerprint density at radius 2 is 1.86 bits per heavy atom. The van der Waals surface area contributed by atoms with Crippen molar-refractivity contribution in [2.75, 3.05) is 6.54 Å². The van der Waals surface area contributed by atoms with E-state index in [1.54, 1.807) is 0 Å². The third-order valence-electron chi connectivity index (χ3n) is 4.84. The Morgan fingerprint density at radius 3 is 2.66 bits per heavy atom. The van der Waals surface area contributed by atoms with Crippen molar-refractivity contribution in [1.29, 1.82) is 5.26 Å². The molecule has 0 N–H and O–H groups in total. The van der Waals surface area contributed by atoms with Gasteiger partial charge < -0.3 is 4.74 Å². The number of hydrogen-bond donors (Lipinski definition) is 0. The maximum Gasteiger partial charge on any atom is 0.120 e. The minimum absolute atomic E-state index is 0.442. The highest BCUT2D eigenvalue weighted by Crippen LogP contribution is 2.25. The van der Waals surface area contributed by atoms with Gasteiger partial charge in [0, 0.05) is 22.7 Å². The zero-order valence-electron chi connectivity index (χ0n) is 15.8. The fourth-order valence-electron chi connectivity index (χ4n) is 3.26. The molecule has 0 radical (unpaired) electrons. The molecule has 1 heterocycles. The molecule has 4 rings (SSSR count). The second-order valence-electron chi connectivity index (χ2n) is 6.78.